The van der Waals surface area contributed by atoms with Crippen molar-refractivity contribution < 1.29 is 9.53 Å². The van der Waals surface area contributed by atoms with E-state index in [4.69, 9.17) is 4.74 Å². The number of likely N-dealkylation sites (tertiary alicyclic amines) is 1. The molecule has 0 spiro atoms. The lowest BCUT2D eigenvalue weighted by atomic mass is 10.1. The minimum Gasteiger partial charge on any atom is -0.376 e. The molecule has 1 atom stereocenters. The molecule has 1 aliphatic rings. The minimum atomic E-state index is 0.102. The summed E-state index contributed by atoms with van der Waals surface area (Å²) in [5.74, 6) is 0.102. The summed E-state index contributed by atoms with van der Waals surface area (Å²) in [6.07, 6.45) is 3.28. The van der Waals surface area contributed by atoms with Crippen LogP contribution in [0.15, 0.2) is 22.7 Å². The fourth-order valence-corrected chi connectivity index (χ4v) is 2.93. The predicted molar refractivity (Wildman–Crippen MR) is 84.0 cm³/mol. The van der Waals surface area contributed by atoms with Crippen molar-refractivity contribution in [3.05, 3.63) is 33.8 Å². The third-order valence-corrected chi connectivity index (χ3v) is 4.27. The molecule has 0 radical (unpaired) electrons. The number of ether oxygens (including phenoxy) is 1. The van der Waals surface area contributed by atoms with Gasteiger partial charge < -0.3 is 9.64 Å². The molecule has 1 aromatic carbocycles. The van der Waals surface area contributed by atoms with Crippen LogP contribution in [0, 0.1) is 6.92 Å². The summed E-state index contributed by atoms with van der Waals surface area (Å²) in [7, 11) is 0. The van der Waals surface area contributed by atoms with Gasteiger partial charge in [-0.3, -0.25) is 4.79 Å². The zero-order valence-electron chi connectivity index (χ0n) is 12.2. The molecule has 1 fully saturated rings. The van der Waals surface area contributed by atoms with Crippen molar-refractivity contribution in [3.63, 3.8) is 0 Å². The van der Waals surface area contributed by atoms with E-state index < -0.39 is 0 Å². The van der Waals surface area contributed by atoms with E-state index in [-0.39, 0.29) is 12.0 Å². The van der Waals surface area contributed by atoms with Gasteiger partial charge in [-0.15, -0.1) is 0 Å². The van der Waals surface area contributed by atoms with Crippen molar-refractivity contribution in [2.24, 2.45) is 0 Å². The summed E-state index contributed by atoms with van der Waals surface area (Å²) in [4.78, 5) is 14.6. The summed E-state index contributed by atoms with van der Waals surface area (Å²) in [6, 6.07) is 5.89. The maximum Gasteiger partial charge on any atom is 0.255 e. The second-order valence-corrected chi connectivity index (χ2v) is 6.22. The number of nitrogens with zero attached hydrogens (tertiary/aromatic N) is 1. The van der Waals surface area contributed by atoms with Gasteiger partial charge in [0.25, 0.3) is 5.91 Å². The maximum absolute atomic E-state index is 12.6. The molecule has 1 aliphatic heterocycles. The quantitative estimate of drug-likeness (QED) is 0.835. The van der Waals surface area contributed by atoms with E-state index in [1.165, 1.54) is 0 Å². The SMILES string of the molecule is CCCOC1CCCN(C(=O)c2cc(C)ccc2Br)C1. The molecule has 0 aliphatic carbocycles. The number of carbonyl (C=O) groups excluding carboxylic acids is 1. The summed E-state index contributed by atoms with van der Waals surface area (Å²) >= 11 is 3.48. The first-order valence-corrected chi connectivity index (χ1v) is 8.08. The van der Waals surface area contributed by atoms with Crippen LogP contribution in [0.3, 0.4) is 0 Å². The Morgan fingerprint density at radius 1 is 1.50 bits per heavy atom. The second-order valence-electron chi connectivity index (χ2n) is 5.37. The van der Waals surface area contributed by atoms with Gasteiger partial charge in [-0.2, -0.15) is 0 Å². The van der Waals surface area contributed by atoms with E-state index >= 15 is 0 Å². The monoisotopic (exact) mass is 339 g/mol. The molecule has 3 nitrogen and oxygen atoms in total. The van der Waals surface area contributed by atoms with Crippen LogP contribution in [0.5, 0.6) is 0 Å². The molecule has 110 valence electrons. The summed E-state index contributed by atoms with van der Waals surface area (Å²) in [5, 5.41) is 0. The maximum atomic E-state index is 12.6. The van der Waals surface area contributed by atoms with Gasteiger partial charge in [-0.1, -0.05) is 18.6 Å². The highest BCUT2D eigenvalue weighted by Gasteiger charge is 2.25. The number of piperidine rings is 1. The highest BCUT2D eigenvalue weighted by Crippen LogP contribution is 2.22. The fraction of sp³-hybridized carbons (Fsp3) is 0.562. The number of carbonyl (C=O) groups is 1. The Balaban J connectivity index is 2.06. The van der Waals surface area contributed by atoms with Crippen molar-refractivity contribution in [2.75, 3.05) is 19.7 Å². The van der Waals surface area contributed by atoms with E-state index in [0.717, 1.165) is 48.0 Å². The van der Waals surface area contributed by atoms with Gasteiger partial charge in [-0.05, 0) is 54.2 Å². The lowest BCUT2D eigenvalue weighted by molar-refractivity contribution is 0.00208. The fourth-order valence-electron chi connectivity index (χ4n) is 2.52. The molecular weight excluding hydrogens is 318 g/mol. The van der Waals surface area contributed by atoms with E-state index in [9.17, 15) is 4.79 Å². The van der Waals surface area contributed by atoms with Crippen LogP contribution >= 0.6 is 15.9 Å². The molecule has 1 unspecified atom stereocenters. The van der Waals surface area contributed by atoms with E-state index in [1.807, 2.05) is 30.0 Å². The Morgan fingerprint density at radius 2 is 2.30 bits per heavy atom. The Bertz CT molecular complexity index is 476. The van der Waals surface area contributed by atoms with E-state index in [1.54, 1.807) is 0 Å². The number of rotatable bonds is 4. The van der Waals surface area contributed by atoms with Crippen molar-refractivity contribution in [1.29, 1.82) is 0 Å². The number of hydrogen-bond donors (Lipinski definition) is 0. The number of hydrogen-bond acceptors (Lipinski definition) is 2. The van der Waals surface area contributed by atoms with Crippen LogP contribution < -0.4 is 0 Å². The van der Waals surface area contributed by atoms with Crippen LogP contribution in [0.25, 0.3) is 0 Å². The number of benzene rings is 1. The standard InChI is InChI=1S/C16H22BrNO2/c1-3-9-20-13-5-4-8-18(11-13)16(19)14-10-12(2)6-7-15(14)17/h6-7,10,13H,3-5,8-9,11H2,1-2H3. The van der Waals surface area contributed by atoms with Crippen LogP contribution in [-0.2, 0) is 4.74 Å². The van der Waals surface area contributed by atoms with Crippen molar-refractivity contribution in [3.8, 4) is 0 Å². The van der Waals surface area contributed by atoms with Crippen LogP contribution in [0.2, 0.25) is 0 Å². The van der Waals surface area contributed by atoms with Crippen LogP contribution in [0.1, 0.15) is 42.1 Å². The van der Waals surface area contributed by atoms with Gasteiger partial charge in [0.1, 0.15) is 0 Å². The first-order valence-electron chi connectivity index (χ1n) is 7.29. The lowest BCUT2D eigenvalue weighted by Gasteiger charge is -2.33. The number of amides is 1. The first kappa shape index (κ1) is 15.5. The van der Waals surface area contributed by atoms with Gasteiger partial charge in [-0.25, -0.2) is 0 Å². The van der Waals surface area contributed by atoms with Crippen molar-refractivity contribution >= 4 is 21.8 Å². The third-order valence-electron chi connectivity index (χ3n) is 3.58. The lowest BCUT2D eigenvalue weighted by Crippen LogP contribution is -2.43. The molecule has 2 rings (SSSR count). The Hall–Kier alpha value is -0.870. The van der Waals surface area contributed by atoms with Crippen LogP contribution in [0.4, 0.5) is 0 Å². The number of halogens is 1. The molecule has 1 heterocycles. The average Bonchev–Trinajstić information content (AvgIpc) is 2.47. The second kappa shape index (κ2) is 7.23. The van der Waals surface area contributed by atoms with E-state index in [2.05, 4.69) is 22.9 Å². The molecule has 1 aromatic rings. The molecule has 0 N–H and O–H groups in total. The van der Waals surface area contributed by atoms with Gasteiger partial charge in [0, 0.05) is 24.2 Å². The minimum absolute atomic E-state index is 0.102. The Kier molecular flexibility index (Phi) is 5.61. The topological polar surface area (TPSA) is 29.5 Å². The summed E-state index contributed by atoms with van der Waals surface area (Å²) in [6.45, 7) is 6.42. The van der Waals surface area contributed by atoms with Crippen molar-refractivity contribution in [1.82, 2.24) is 4.90 Å². The number of aryl methyl sites for hydroxylation is 1. The Labute approximate surface area is 129 Å². The largest absolute Gasteiger partial charge is 0.376 e. The van der Waals surface area contributed by atoms with Gasteiger partial charge in [0.05, 0.1) is 11.7 Å². The highest BCUT2D eigenvalue weighted by molar-refractivity contribution is 9.10. The summed E-state index contributed by atoms with van der Waals surface area (Å²) in [5.41, 5.74) is 1.86. The zero-order chi connectivity index (χ0) is 14.5. The van der Waals surface area contributed by atoms with Crippen LogP contribution in [-0.4, -0.2) is 36.6 Å². The average molecular weight is 340 g/mol. The molecule has 4 heteroatoms. The Morgan fingerprint density at radius 3 is 3.05 bits per heavy atom. The molecule has 0 aromatic heterocycles. The zero-order valence-corrected chi connectivity index (χ0v) is 13.8. The highest BCUT2D eigenvalue weighted by atomic mass is 79.9. The van der Waals surface area contributed by atoms with Gasteiger partial charge >= 0.3 is 0 Å². The smallest absolute Gasteiger partial charge is 0.255 e. The van der Waals surface area contributed by atoms with Gasteiger partial charge in [0.15, 0.2) is 0 Å². The van der Waals surface area contributed by atoms with Gasteiger partial charge in [0.2, 0.25) is 0 Å². The van der Waals surface area contributed by atoms with Crippen molar-refractivity contribution in [2.45, 2.75) is 39.2 Å². The molecular formula is C16H22BrNO2. The van der Waals surface area contributed by atoms with E-state index in [0.29, 0.717) is 6.54 Å². The normalized spacial score (nSPS) is 19.1. The molecule has 1 saturated heterocycles. The molecule has 0 saturated carbocycles. The molecule has 20 heavy (non-hydrogen) atoms. The molecule has 0 bridgehead atoms. The third kappa shape index (κ3) is 3.83. The molecule has 1 amide bonds. The first-order chi connectivity index (χ1) is 9.61. The summed E-state index contributed by atoms with van der Waals surface area (Å²) < 4.78 is 6.66. The predicted octanol–water partition coefficient (Wildman–Crippen LogP) is 3.79.